The number of carbonyl (C=O) groups is 1. The van der Waals surface area contributed by atoms with Gasteiger partial charge in [-0.3, -0.25) is 0 Å². The van der Waals surface area contributed by atoms with Gasteiger partial charge in [0, 0.05) is 24.6 Å². The van der Waals surface area contributed by atoms with Gasteiger partial charge in [0.2, 0.25) is 0 Å². The summed E-state index contributed by atoms with van der Waals surface area (Å²) in [5, 5.41) is 2.77. The maximum atomic E-state index is 14.0. The molecule has 162 valence electrons. The largest absolute Gasteiger partial charge is 0.457 e. The molecular formula is C23H23FN2O4S. The Hall–Kier alpha value is -3.39. The highest BCUT2D eigenvalue weighted by atomic mass is 32.2. The van der Waals surface area contributed by atoms with Crippen molar-refractivity contribution in [3.63, 3.8) is 0 Å². The average Bonchev–Trinajstić information content (AvgIpc) is 2.74. The van der Waals surface area contributed by atoms with Crippen LogP contribution < -0.4 is 10.1 Å². The van der Waals surface area contributed by atoms with Crippen molar-refractivity contribution in [2.45, 2.75) is 17.9 Å². The second-order valence-corrected chi connectivity index (χ2v) is 9.12. The Morgan fingerprint density at radius 3 is 2.06 bits per heavy atom. The average molecular weight is 443 g/mol. The maximum Gasteiger partial charge on any atom is 0.322 e. The third kappa shape index (κ3) is 5.61. The lowest BCUT2D eigenvalue weighted by molar-refractivity contribution is 0.207. The number of rotatable bonds is 6. The van der Waals surface area contributed by atoms with Gasteiger partial charge in [-0.2, -0.15) is 0 Å². The van der Waals surface area contributed by atoms with Crippen LogP contribution in [0.3, 0.4) is 0 Å². The van der Waals surface area contributed by atoms with E-state index in [0.29, 0.717) is 22.7 Å². The monoisotopic (exact) mass is 442 g/mol. The van der Waals surface area contributed by atoms with Crippen molar-refractivity contribution in [1.29, 1.82) is 0 Å². The van der Waals surface area contributed by atoms with Crippen LogP contribution in [0.2, 0.25) is 0 Å². The Bertz CT molecular complexity index is 1160. The molecule has 0 fully saturated rings. The van der Waals surface area contributed by atoms with Crippen LogP contribution in [0.25, 0.3) is 0 Å². The summed E-state index contributed by atoms with van der Waals surface area (Å²) < 4.78 is 42.7. The van der Waals surface area contributed by atoms with Crippen molar-refractivity contribution in [3.8, 4) is 11.5 Å². The molecule has 0 aliphatic rings. The predicted molar refractivity (Wildman–Crippen MR) is 118 cm³/mol. The number of benzene rings is 3. The summed E-state index contributed by atoms with van der Waals surface area (Å²) >= 11 is 0. The molecule has 0 aliphatic carbocycles. The fourth-order valence-corrected chi connectivity index (χ4v) is 3.54. The third-order valence-corrected chi connectivity index (χ3v) is 5.98. The van der Waals surface area contributed by atoms with Gasteiger partial charge in [0.05, 0.1) is 10.9 Å². The quantitative estimate of drug-likeness (QED) is 0.566. The first-order valence-electron chi connectivity index (χ1n) is 9.51. The Balaban J connectivity index is 1.62. The first-order chi connectivity index (χ1) is 14.6. The lowest BCUT2D eigenvalue weighted by atomic mass is 10.1. The minimum absolute atomic E-state index is 0.214. The Labute approximate surface area is 181 Å². The molecule has 0 saturated heterocycles. The van der Waals surface area contributed by atoms with Gasteiger partial charge >= 0.3 is 6.03 Å². The molecular weight excluding hydrogens is 419 g/mol. The number of hydrogen-bond donors (Lipinski definition) is 1. The van der Waals surface area contributed by atoms with Gasteiger partial charge in [0.25, 0.3) is 0 Å². The second kappa shape index (κ2) is 9.18. The van der Waals surface area contributed by atoms with E-state index in [4.69, 9.17) is 4.74 Å². The third-order valence-electron chi connectivity index (χ3n) is 4.85. The van der Waals surface area contributed by atoms with Gasteiger partial charge in [0.15, 0.2) is 9.84 Å². The summed E-state index contributed by atoms with van der Waals surface area (Å²) in [6.45, 7) is 1.75. The molecule has 0 bridgehead atoms. The minimum Gasteiger partial charge on any atom is -0.457 e. The summed E-state index contributed by atoms with van der Waals surface area (Å²) in [6.07, 6.45) is 1.14. The SMILES string of the molecule is CC(c1ccccc1F)N(C)C(=O)Nc1ccc(Oc2ccc(S(C)(=O)=O)cc2)cc1. The molecule has 1 unspecified atom stereocenters. The Morgan fingerprint density at radius 1 is 0.968 bits per heavy atom. The molecule has 1 N–H and O–H groups in total. The van der Waals surface area contributed by atoms with Gasteiger partial charge in [-0.05, 0) is 61.5 Å². The zero-order valence-corrected chi connectivity index (χ0v) is 18.2. The number of sulfone groups is 1. The Morgan fingerprint density at radius 2 is 1.52 bits per heavy atom. The molecule has 0 heterocycles. The number of ether oxygens (including phenoxy) is 1. The lowest BCUT2D eigenvalue weighted by Gasteiger charge is -2.26. The maximum absolute atomic E-state index is 14.0. The van der Waals surface area contributed by atoms with Gasteiger partial charge in [-0.25, -0.2) is 17.6 Å². The second-order valence-electron chi connectivity index (χ2n) is 7.11. The summed E-state index contributed by atoms with van der Waals surface area (Å²) in [7, 11) is -1.66. The molecule has 3 aromatic carbocycles. The Kier molecular flexibility index (Phi) is 6.60. The van der Waals surface area contributed by atoms with Crippen molar-refractivity contribution < 1.29 is 22.3 Å². The molecule has 3 rings (SSSR count). The number of carbonyl (C=O) groups excluding carboxylic acids is 1. The molecule has 0 spiro atoms. The number of anilines is 1. The molecule has 3 aromatic rings. The molecule has 1 atom stereocenters. The van der Waals surface area contributed by atoms with Crippen LogP contribution in [-0.2, 0) is 9.84 Å². The van der Waals surface area contributed by atoms with Crippen molar-refractivity contribution in [1.82, 2.24) is 4.90 Å². The zero-order chi connectivity index (χ0) is 22.6. The fraction of sp³-hybridized carbons (Fsp3) is 0.174. The van der Waals surface area contributed by atoms with Crippen molar-refractivity contribution in [2.24, 2.45) is 0 Å². The molecule has 0 aliphatic heterocycles. The van der Waals surface area contributed by atoms with Crippen LogP contribution in [0.5, 0.6) is 11.5 Å². The van der Waals surface area contributed by atoms with Gasteiger partial charge in [-0.1, -0.05) is 18.2 Å². The van der Waals surface area contributed by atoms with Crippen molar-refractivity contribution in [2.75, 3.05) is 18.6 Å². The number of halogens is 1. The summed E-state index contributed by atoms with van der Waals surface area (Å²) in [6, 6.07) is 18.4. The van der Waals surface area contributed by atoms with E-state index in [0.717, 1.165) is 6.26 Å². The highest BCUT2D eigenvalue weighted by molar-refractivity contribution is 7.90. The van der Waals surface area contributed by atoms with E-state index in [-0.39, 0.29) is 16.7 Å². The van der Waals surface area contributed by atoms with Crippen molar-refractivity contribution >= 4 is 21.6 Å². The first-order valence-corrected chi connectivity index (χ1v) is 11.4. The van der Waals surface area contributed by atoms with E-state index in [1.54, 1.807) is 68.6 Å². The van der Waals surface area contributed by atoms with E-state index < -0.39 is 15.9 Å². The van der Waals surface area contributed by atoms with Crippen molar-refractivity contribution in [3.05, 3.63) is 84.2 Å². The van der Waals surface area contributed by atoms with Crippen LogP contribution in [0.4, 0.5) is 14.9 Å². The van der Waals surface area contributed by atoms with Crippen LogP contribution in [0.1, 0.15) is 18.5 Å². The highest BCUT2D eigenvalue weighted by Gasteiger charge is 2.20. The van der Waals surface area contributed by atoms with Crippen LogP contribution in [0.15, 0.2) is 77.7 Å². The van der Waals surface area contributed by atoms with E-state index in [1.807, 2.05) is 0 Å². The molecule has 0 aromatic heterocycles. The normalized spacial score (nSPS) is 12.1. The van der Waals surface area contributed by atoms with Crippen LogP contribution in [0, 0.1) is 5.82 Å². The number of nitrogens with zero attached hydrogens (tertiary/aromatic N) is 1. The first kappa shape index (κ1) is 22.3. The van der Waals surface area contributed by atoms with Gasteiger partial charge < -0.3 is 15.0 Å². The standard InChI is InChI=1S/C23H23FN2O4S/c1-16(21-6-4-5-7-22(21)24)26(2)23(27)25-17-8-10-18(11-9-17)30-19-12-14-20(15-13-19)31(3,28)29/h4-16H,1-3H3,(H,25,27). The summed E-state index contributed by atoms with van der Waals surface area (Å²) in [4.78, 5) is 14.2. The highest BCUT2D eigenvalue weighted by Crippen LogP contribution is 2.26. The smallest absolute Gasteiger partial charge is 0.322 e. The number of urea groups is 1. The fourth-order valence-electron chi connectivity index (χ4n) is 2.91. The molecule has 0 saturated carbocycles. The minimum atomic E-state index is -3.26. The van der Waals surface area contributed by atoms with Gasteiger partial charge in [-0.15, -0.1) is 0 Å². The van der Waals surface area contributed by atoms with Crippen LogP contribution in [-0.4, -0.2) is 32.7 Å². The predicted octanol–water partition coefficient (Wildman–Crippen LogP) is 5.25. The van der Waals surface area contributed by atoms with Gasteiger partial charge in [0.1, 0.15) is 17.3 Å². The summed E-state index contributed by atoms with van der Waals surface area (Å²) in [5.74, 6) is 0.654. The van der Waals surface area contributed by atoms with E-state index in [1.165, 1.54) is 23.1 Å². The lowest BCUT2D eigenvalue weighted by Crippen LogP contribution is -2.33. The number of hydrogen-bond acceptors (Lipinski definition) is 4. The van der Waals surface area contributed by atoms with E-state index in [2.05, 4.69) is 5.32 Å². The number of amides is 2. The van der Waals surface area contributed by atoms with E-state index >= 15 is 0 Å². The summed E-state index contributed by atoms with van der Waals surface area (Å²) in [5.41, 5.74) is 0.989. The molecule has 0 radical (unpaired) electrons. The van der Waals surface area contributed by atoms with E-state index in [9.17, 15) is 17.6 Å². The molecule has 2 amide bonds. The topological polar surface area (TPSA) is 75.7 Å². The zero-order valence-electron chi connectivity index (χ0n) is 17.4. The number of nitrogens with one attached hydrogen (secondary N) is 1. The van der Waals surface area contributed by atoms with Crippen LogP contribution >= 0.6 is 0 Å². The molecule has 31 heavy (non-hydrogen) atoms. The molecule has 8 heteroatoms. The molecule has 6 nitrogen and oxygen atoms in total.